The molecule has 112 valence electrons. The number of imidazole rings is 1. The van der Waals surface area contributed by atoms with Crippen molar-refractivity contribution in [2.45, 2.75) is 57.3 Å². The van der Waals surface area contributed by atoms with E-state index in [0.29, 0.717) is 18.7 Å². The molecule has 2 heterocycles. The maximum Gasteiger partial charge on any atom is 0.0948 e. The molecule has 3 atom stereocenters. The van der Waals surface area contributed by atoms with Gasteiger partial charge in [-0.15, -0.1) is 0 Å². The lowest BCUT2D eigenvalue weighted by Crippen LogP contribution is -2.55. The first-order chi connectivity index (χ1) is 9.85. The van der Waals surface area contributed by atoms with Crippen LogP contribution in [0.2, 0.25) is 0 Å². The second kappa shape index (κ2) is 6.24. The lowest BCUT2D eigenvalue weighted by molar-refractivity contribution is -0.103. The minimum Gasteiger partial charge on any atom is -0.375 e. The van der Waals surface area contributed by atoms with Gasteiger partial charge in [0.05, 0.1) is 30.8 Å². The Bertz CT molecular complexity index is 431. The maximum absolute atomic E-state index is 6.12. The Labute approximate surface area is 121 Å². The van der Waals surface area contributed by atoms with E-state index in [2.05, 4.69) is 21.4 Å². The van der Waals surface area contributed by atoms with Gasteiger partial charge in [0.15, 0.2) is 0 Å². The Morgan fingerprint density at radius 2 is 2.30 bits per heavy atom. The molecule has 2 fully saturated rings. The van der Waals surface area contributed by atoms with Crippen molar-refractivity contribution in [3.63, 3.8) is 0 Å². The number of nitrogens with zero attached hydrogens (tertiary/aromatic N) is 3. The van der Waals surface area contributed by atoms with Gasteiger partial charge in [-0.2, -0.15) is 0 Å². The van der Waals surface area contributed by atoms with E-state index < -0.39 is 0 Å². The molecule has 5 nitrogen and oxygen atoms in total. The van der Waals surface area contributed by atoms with E-state index in [1.165, 1.54) is 31.4 Å². The number of aromatic nitrogens is 2. The van der Waals surface area contributed by atoms with E-state index in [1.807, 2.05) is 12.5 Å². The first kappa shape index (κ1) is 14.0. The van der Waals surface area contributed by atoms with Gasteiger partial charge in [0.1, 0.15) is 0 Å². The molecule has 1 saturated heterocycles. The van der Waals surface area contributed by atoms with Gasteiger partial charge in [-0.3, -0.25) is 4.90 Å². The van der Waals surface area contributed by atoms with E-state index in [9.17, 15) is 0 Å². The van der Waals surface area contributed by atoms with Crippen molar-refractivity contribution < 1.29 is 4.74 Å². The van der Waals surface area contributed by atoms with Crippen LogP contribution in [0.25, 0.3) is 0 Å². The Morgan fingerprint density at radius 1 is 1.45 bits per heavy atom. The molecule has 3 unspecified atom stereocenters. The molecule has 1 aromatic heterocycles. The topological polar surface area (TPSA) is 56.3 Å². The van der Waals surface area contributed by atoms with Gasteiger partial charge in [0, 0.05) is 31.9 Å². The highest BCUT2D eigenvalue weighted by Crippen LogP contribution is 2.33. The molecule has 0 spiro atoms. The SMILES string of the molecule is CCn1cncc1C(CN)N1CCOC2CCCCC21. The largest absolute Gasteiger partial charge is 0.375 e. The number of hydrogen-bond acceptors (Lipinski definition) is 4. The van der Waals surface area contributed by atoms with Crippen molar-refractivity contribution in [3.05, 3.63) is 18.2 Å². The molecule has 0 radical (unpaired) electrons. The van der Waals surface area contributed by atoms with Crippen molar-refractivity contribution in [1.29, 1.82) is 0 Å². The van der Waals surface area contributed by atoms with Crippen LogP contribution in [-0.2, 0) is 11.3 Å². The van der Waals surface area contributed by atoms with Crippen molar-refractivity contribution in [2.24, 2.45) is 5.73 Å². The van der Waals surface area contributed by atoms with Crippen LogP contribution < -0.4 is 5.73 Å². The molecule has 20 heavy (non-hydrogen) atoms. The van der Waals surface area contributed by atoms with Gasteiger partial charge in [-0.25, -0.2) is 4.98 Å². The summed E-state index contributed by atoms with van der Waals surface area (Å²) in [6.07, 6.45) is 9.35. The summed E-state index contributed by atoms with van der Waals surface area (Å²) in [6.45, 7) is 5.57. The zero-order valence-electron chi connectivity index (χ0n) is 12.4. The zero-order valence-corrected chi connectivity index (χ0v) is 12.4. The minimum atomic E-state index is 0.270. The Balaban J connectivity index is 1.84. The molecule has 1 saturated carbocycles. The number of morpholine rings is 1. The van der Waals surface area contributed by atoms with Crippen molar-refractivity contribution in [1.82, 2.24) is 14.5 Å². The average Bonchev–Trinajstić information content (AvgIpc) is 2.97. The first-order valence-electron chi connectivity index (χ1n) is 7.92. The summed E-state index contributed by atoms with van der Waals surface area (Å²) in [6, 6.07) is 0.804. The van der Waals surface area contributed by atoms with Crippen LogP contribution in [0.1, 0.15) is 44.3 Å². The molecule has 1 aromatic rings. The van der Waals surface area contributed by atoms with E-state index in [-0.39, 0.29) is 6.04 Å². The molecule has 0 bridgehead atoms. The lowest BCUT2D eigenvalue weighted by atomic mass is 9.89. The quantitative estimate of drug-likeness (QED) is 0.908. The Kier molecular flexibility index (Phi) is 4.38. The summed E-state index contributed by atoms with van der Waals surface area (Å²) < 4.78 is 8.19. The third-order valence-electron chi connectivity index (χ3n) is 4.83. The van der Waals surface area contributed by atoms with Crippen LogP contribution in [0.4, 0.5) is 0 Å². The number of fused-ring (bicyclic) bond motifs is 1. The smallest absolute Gasteiger partial charge is 0.0948 e. The van der Waals surface area contributed by atoms with Crippen molar-refractivity contribution >= 4 is 0 Å². The maximum atomic E-state index is 6.12. The molecule has 2 aliphatic rings. The monoisotopic (exact) mass is 278 g/mol. The summed E-state index contributed by atoms with van der Waals surface area (Å²) in [5.41, 5.74) is 7.37. The predicted molar refractivity (Wildman–Crippen MR) is 78.4 cm³/mol. The van der Waals surface area contributed by atoms with E-state index in [1.54, 1.807) is 0 Å². The average molecular weight is 278 g/mol. The number of nitrogens with two attached hydrogens (primary N) is 1. The standard InChI is InChI=1S/C15H26N4O/c1-2-18-11-17-10-14(18)13(9-16)19-7-8-20-15-6-4-3-5-12(15)19/h10-13,15H,2-9,16H2,1H3. The fourth-order valence-electron chi connectivity index (χ4n) is 3.81. The molecule has 0 aromatic carbocycles. The summed E-state index contributed by atoms with van der Waals surface area (Å²) in [7, 11) is 0. The highest BCUT2D eigenvalue weighted by Gasteiger charge is 2.38. The van der Waals surface area contributed by atoms with Crippen LogP contribution in [0.3, 0.4) is 0 Å². The van der Waals surface area contributed by atoms with Gasteiger partial charge in [-0.05, 0) is 19.8 Å². The van der Waals surface area contributed by atoms with Gasteiger partial charge in [0.25, 0.3) is 0 Å². The molecule has 1 aliphatic carbocycles. The van der Waals surface area contributed by atoms with Crippen molar-refractivity contribution in [2.75, 3.05) is 19.7 Å². The number of ether oxygens (including phenoxy) is 1. The molecule has 2 N–H and O–H groups in total. The normalized spacial score (nSPS) is 29.1. The Morgan fingerprint density at radius 3 is 3.10 bits per heavy atom. The number of rotatable bonds is 4. The fourth-order valence-corrected chi connectivity index (χ4v) is 3.81. The van der Waals surface area contributed by atoms with Gasteiger partial charge in [0.2, 0.25) is 0 Å². The van der Waals surface area contributed by atoms with Crippen LogP contribution in [0.15, 0.2) is 12.5 Å². The third kappa shape index (κ3) is 2.50. The van der Waals surface area contributed by atoms with Gasteiger partial charge < -0.3 is 15.0 Å². The molecular weight excluding hydrogens is 252 g/mol. The number of aryl methyl sites for hydroxylation is 1. The molecular formula is C15H26N4O. The molecule has 0 amide bonds. The van der Waals surface area contributed by atoms with E-state index in [0.717, 1.165) is 19.7 Å². The summed E-state index contributed by atoms with van der Waals surface area (Å²) >= 11 is 0. The first-order valence-corrected chi connectivity index (χ1v) is 7.92. The summed E-state index contributed by atoms with van der Waals surface area (Å²) in [4.78, 5) is 6.89. The van der Waals surface area contributed by atoms with Gasteiger partial charge >= 0.3 is 0 Å². The lowest BCUT2D eigenvalue weighted by Gasteiger charge is -2.47. The summed E-state index contributed by atoms with van der Waals surface area (Å²) in [5, 5.41) is 0. The van der Waals surface area contributed by atoms with Crippen molar-refractivity contribution in [3.8, 4) is 0 Å². The highest BCUT2D eigenvalue weighted by atomic mass is 16.5. The fraction of sp³-hybridized carbons (Fsp3) is 0.800. The highest BCUT2D eigenvalue weighted by molar-refractivity contribution is 5.08. The van der Waals surface area contributed by atoms with E-state index >= 15 is 0 Å². The van der Waals surface area contributed by atoms with Crippen LogP contribution in [0, 0.1) is 0 Å². The third-order valence-corrected chi connectivity index (χ3v) is 4.83. The van der Waals surface area contributed by atoms with Crippen LogP contribution in [-0.4, -0.2) is 46.3 Å². The number of hydrogen-bond donors (Lipinski definition) is 1. The Hall–Kier alpha value is -0.910. The second-order valence-electron chi connectivity index (χ2n) is 5.85. The second-order valence-corrected chi connectivity index (χ2v) is 5.85. The molecule has 1 aliphatic heterocycles. The van der Waals surface area contributed by atoms with Crippen LogP contribution >= 0.6 is 0 Å². The zero-order chi connectivity index (χ0) is 13.9. The van der Waals surface area contributed by atoms with E-state index in [4.69, 9.17) is 10.5 Å². The van der Waals surface area contributed by atoms with Crippen LogP contribution in [0.5, 0.6) is 0 Å². The summed E-state index contributed by atoms with van der Waals surface area (Å²) in [5.74, 6) is 0. The molecule has 5 heteroatoms. The minimum absolute atomic E-state index is 0.270. The predicted octanol–water partition coefficient (Wildman–Crippen LogP) is 1.55. The van der Waals surface area contributed by atoms with Gasteiger partial charge in [-0.1, -0.05) is 12.8 Å². The molecule has 3 rings (SSSR count).